The van der Waals surface area contributed by atoms with Crippen LogP contribution in [0.1, 0.15) is 36.5 Å². The number of unbranched alkanes of at least 4 members (excludes halogenated alkanes) is 1. The molecule has 3 heteroatoms. The Hall–Kier alpha value is -2.55. The van der Waals surface area contributed by atoms with E-state index in [1.54, 1.807) is 12.2 Å². The van der Waals surface area contributed by atoms with Crippen molar-refractivity contribution in [3.8, 4) is 5.75 Å². The summed E-state index contributed by atoms with van der Waals surface area (Å²) in [4.78, 5) is 12.2. The molecule has 0 atom stereocenters. The topological polar surface area (TPSA) is 38.3 Å². The Morgan fingerprint density at radius 3 is 2.71 bits per heavy atom. The lowest BCUT2D eigenvalue weighted by atomic mass is 10.1. The number of ether oxygens (including phenoxy) is 1. The van der Waals surface area contributed by atoms with Crippen molar-refractivity contribution in [3.63, 3.8) is 0 Å². The predicted molar refractivity (Wildman–Crippen MR) is 100 cm³/mol. The summed E-state index contributed by atoms with van der Waals surface area (Å²) in [5.74, 6) is 0.659. The van der Waals surface area contributed by atoms with Crippen molar-refractivity contribution in [1.82, 2.24) is 0 Å². The van der Waals surface area contributed by atoms with Gasteiger partial charge in [-0.3, -0.25) is 4.79 Å². The van der Waals surface area contributed by atoms with Crippen LogP contribution in [0, 0.1) is 13.8 Å². The molecule has 0 aliphatic heterocycles. The molecule has 0 aliphatic rings. The SMILES string of the molecule is CCCCOc1ccccc1/C=C/C(=O)Nc1ccc(C)cc1C. The van der Waals surface area contributed by atoms with E-state index in [0.29, 0.717) is 6.61 Å². The molecule has 3 nitrogen and oxygen atoms in total. The Morgan fingerprint density at radius 1 is 1.17 bits per heavy atom. The zero-order valence-electron chi connectivity index (χ0n) is 14.6. The van der Waals surface area contributed by atoms with Crippen LogP contribution in [0.25, 0.3) is 6.08 Å². The van der Waals surface area contributed by atoms with Gasteiger partial charge in [-0.05, 0) is 44.0 Å². The third kappa shape index (κ3) is 5.27. The summed E-state index contributed by atoms with van der Waals surface area (Å²) >= 11 is 0. The minimum Gasteiger partial charge on any atom is -0.493 e. The van der Waals surface area contributed by atoms with Crippen molar-refractivity contribution < 1.29 is 9.53 Å². The van der Waals surface area contributed by atoms with Gasteiger partial charge in [0.25, 0.3) is 0 Å². The van der Waals surface area contributed by atoms with E-state index in [-0.39, 0.29) is 5.91 Å². The van der Waals surface area contributed by atoms with Crippen LogP contribution in [-0.4, -0.2) is 12.5 Å². The maximum absolute atomic E-state index is 12.2. The molecule has 126 valence electrons. The van der Waals surface area contributed by atoms with E-state index in [2.05, 4.69) is 18.3 Å². The van der Waals surface area contributed by atoms with E-state index in [1.165, 1.54) is 5.56 Å². The fraction of sp³-hybridized carbons (Fsp3) is 0.286. The van der Waals surface area contributed by atoms with Gasteiger partial charge in [-0.1, -0.05) is 49.2 Å². The number of para-hydroxylation sites is 1. The molecule has 0 fully saturated rings. The largest absolute Gasteiger partial charge is 0.493 e. The number of hydrogen-bond acceptors (Lipinski definition) is 2. The molecule has 1 N–H and O–H groups in total. The first kappa shape index (κ1) is 17.8. The van der Waals surface area contributed by atoms with Gasteiger partial charge in [-0.15, -0.1) is 0 Å². The Morgan fingerprint density at radius 2 is 1.96 bits per heavy atom. The molecule has 0 bridgehead atoms. The molecule has 2 rings (SSSR count). The van der Waals surface area contributed by atoms with Crippen molar-refractivity contribution >= 4 is 17.7 Å². The molecule has 0 unspecified atom stereocenters. The van der Waals surface area contributed by atoms with Crippen LogP contribution in [-0.2, 0) is 4.79 Å². The number of rotatable bonds is 7. The van der Waals surface area contributed by atoms with E-state index >= 15 is 0 Å². The van der Waals surface area contributed by atoms with Crippen LogP contribution < -0.4 is 10.1 Å². The second kappa shape index (κ2) is 8.92. The van der Waals surface area contributed by atoms with Gasteiger partial charge in [-0.2, -0.15) is 0 Å². The number of anilines is 1. The predicted octanol–water partition coefficient (Wildman–Crippen LogP) is 5.13. The van der Waals surface area contributed by atoms with Gasteiger partial charge in [0, 0.05) is 17.3 Å². The molecule has 0 spiro atoms. The minimum absolute atomic E-state index is 0.148. The highest BCUT2D eigenvalue weighted by Crippen LogP contribution is 2.20. The summed E-state index contributed by atoms with van der Waals surface area (Å²) in [5.41, 5.74) is 3.98. The van der Waals surface area contributed by atoms with Crippen LogP contribution in [0.5, 0.6) is 5.75 Å². The molecule has 0 aliphatic carbocycles. The summed E-state index contributed by atoms with van der Waals surface area (Å²) < 4.78 is 5.78. The molecule has 0 saturated heterocycles. The Bertz CT molecular complexity index is 720. The summed E-state index contributed by atoms with van der Waals surface area (Å²) in [6, 6.07) is 13.7. The van der Waals surface area contributed by atoms with Crippen molar-refractivity contribution in [2.45, 2.75) is 33.6 Å². The molecule has 2 aromatic rings. The fourth-order valence-electron chi connectivity index (χ4n) is 2.37. The lowest BCUT2D eigenvalue weighted by molar-refractivity contribution is -0.111. The molecule has 0 saturated carbocycles. The van der Waals surface area contributed by atoms with Gasteiger partial charge in [0.15, 0.2) is 0 Å². The number of aryl methyl sites for hydroxylation is 2. The maximum atomic E-state index is 12.2. The molecular weight excluding hydrogens is 298 g/mol. The lowest BCUT2D eigenvalue weighted by Crippen LogP contribution is -2.09. The minimum atomic E-state index is -0.148. The van der Waals surface area contributed by atoms with Crippen LogP contribution >= 0.6 is 0 Å². The highest BCUT2D eigenvalue weighted by molar-refractivity contribution is 6.02. The molecule has 1 amide bonds. The van der Waals surface area contributed by atoms with Gasteiger partial charge in [-0.25, -0.2) is 0 Å². The van der Waals surface area contributed by atoms with Gasteiger partial charge < -0.3 is 10.1 Å². The maximum Gasteiger partial charge on any atom is 0.248 e. The number of amides is 1. The molecule has 0 radical (unpaired) electrons. The van der Waals surface area contributed by atoms with E-state index in [1.807, 2.05) is 50.2 Å². The van der Waals surface area contributed by atoms with Gasteiger partial charge in [0.1, 0.15) is 5.75 Å². The second-order valence-corrected chi connectivity index (χ2v) is 5.88. The number of carbonyl (C=O) groups excluding carboxylic acids is 1. The van der Waals surface area contributed by atoms with Crippen molar-refractivity contribution in [2.24, 2.45) is 0 Å². The van der Waals surface area contributed by atoms with E-state index in [0.717, 1.165) is 35.4 Å². The van der Waals surface area contributed by atoms with Crippen molar-refractivity contribution in [1.29, 1.82) is 0 Å². The summed E-state index contributed by atoms with van der Waals surface area (Å²) in [6.07, 6.45) is 5.45. The van der Waals surface area contributed by atoms with Crippen LogP contribution in [0.2, 0.25) is 0 Å². The smallest absolute Gasteiger partial charge is 0.248 e. The first-order valence-corrected chi connectivity index (χ1v) is 8.38. The first-order chi connectivity index (χ1) is 11.6. The summed E-state index contributed by atoms with van der Waals surface area (Å²) in [5, 5.41) is 2.91. The zero-order chi connectivity index (χ0) is 17.4. The van der Waals surface area contributed by atoms with Crippen LogP contribution in [0.15, 0.2) is 48.5 Å². The Balaban J connectivity index is 2.03. The summed E-state index contributed by atoms with van der Waals surface area (Å²) in [6.45, 7) is 6.85. The molecule has 2 aromatic carbocycles. The van der Waals surface area contributed by atoms with Gasteiger partial charge in [0.05, 0.1) is 6.61 Å². The first-order valence-electron chi connectivity index (χ1n) is 8.38. The average Bonchev–Trinajstić information content (AvgIpc) is 2.57. The van der Waals surface area contributed by atoms with Gasteiger partial charge in [0.2, 0.25) is 5.91 Å². The van der Waals surface area contributed by atoms with E-state index < -0.39 is 0 Å². The number of nitrogens with one attached hydrogen (secondary N) is 1. The summed E-state index contributed by atoms with van der Waals surface area (Å²) in [7, 11) is 0. The van der Waals surface area contributed by atoms with E-state index in [9.17, 15) is 4.79 Å². The standard InChI is InChI=1S/C21H25NO2/c1-4-5-14-24-20-9-7-6-8-18(20)11-13-21(23)22-19-12-10-16(2)15-17(19)3/h6-13,15H,4-5,14H2,1-3H3,(H,22,23)/b13-11+. The fourth-order valence-corrected chi connectivity index (χ4v) is 2.37. The van der Waals surface area contributed by atoms with Crippen molar-refractivity contribution in [2.75, 3.05) is 11.9 Å². The molecular formula is C21H25NO2. The monoisotopic (exact) mass is 323 g/mol. The van der Waals surface area contributed by atoms with Gasteiger partial charge >= 0.3 is 0 Å². The average molecular weight is 323 g/mol. The highest BCUT2D eigenvalue weighted by Gasteiger charge is 2.03. The zero-order valence-corrected chi connectivity index (χ0v) is 14.6. The Labute approximate surface area is 144 Å². The quantitative estimate of drug-likeness (QED) is 0.566. The van der Waals surface area contributed by atoms with Crippen LogP contribution in [0.3, 0.4) is 0 Å². The number of benzene rings is 2. The lowest BCUT2D eigenvalue weighted by Gasteiger charge is -2.09. The molecule has 0 heterocycles. The third-order valence-electron chi connectivity index (χ3n) is 3.73. The highest BCUT2D eigenvalue weighted by atomic mass is 16.5. The Kier molecular flexibility index (Phi) is 6.62. The molecule has 24 heavy (non-hydrogen) atoms. The van der Waals surface area contributed by atoms with E-state index in [4.69, 9.17) is 4.74 Å². The molecule has 0 aromatic heterocycles. The number of carbonyl (C=O) groups is 1. The van der Waals surface area contributed by atoms with Crippen molar-refractivity contribution in [3.05, 3.63) is 65.2 Å². The second-order valence-electron chi connectivity index (χ2n) is 5.88. The normalized spacial score (nSPS) is 10.8. The third-order valence-corrected chi connectivity index (χ3v) is 3.73. The van der Waals surface area contributed by atoms with Crippen LogP contribution in [0.4, 0.5) is 5.69 Å². The number of hydrogen-bond donors (Lipinski definition) is 1.